The van der Waals surface area contributed by atoms with Gasteiger partial charge in [0, 0.05) is 0 Å². The Balaban J connectivity index is 0. The van der Waals surface area contributed by atoms with E-state index in [2.05, 4.69) is 30.0 Å². The summed E-state index contributed by atoms with van der Waals surface area (Å²) in [4.78, 5) is 0. The van der Waals surface area contributed by atoms with Gasteiger partial charge in [-0.1, -0.05) is 20.8 Å². The summed E-state index contributed by atoms with van der Waals surface area (Å²) < 4.78 is 0. The Bertz CT molecular complexity index is 23.0. The topological polar surface area (TPSA) is 0 Å². The van der Waals surface area contributed by atoms with E-state index >= 15 is 0 Å². The number of hydrogen-bond acceptors (Lipinski definition) is 0. The molecule has 34 valence electrons. The standard InChI is InChI=1S/C4H11P.Na.H/c1-4(2,3)5;;/h5H2,1-3H3;;. The molecule has 0 amide bonds. The maximum absolute atomic E-state index is 2.72. The molecule has 0 radical (unpaired) electrons. The van der Waals surface area contributed by atoms with Crippen molar-refractivity contribution in [2.45, 2.75) is 25.9 Å². The van der Waals surface area contributed by atoms with E-state index in [9.17, 15) is 0 Å². The molecule has 0 aliphatic heterocycles. The summed E-state index contributed by atoms with van der Waals surface area (Å²) in [7, 11) is 2.72. The monoisotopic (exact) mass is 114 g/mol. The van der Waals surface area contributed by atoms with Gasteiger partial charge in [0.2, 0.25) is 0 Å². The van der Waals surface area contributed by atoms with E-state index in [-0.39, 0.29) is 29.6 Å². The summed E-state index contributed by atoms with van der Waals surface area (Å²) in [6.45, 7) is 6.45. The van der Waals surface area contributed by atoms with Crippen LogP contribution in [0.2, 0.25) is 0 Å². The molecule has 0 nitrogen and oxygen atoms in total. The zero-order chi connectivity index (χ0) is 4.50. The van der Waals surface area contributed by atoms with Gasteiger partial charge >= 0.3 is 29.6 Å². The van der Waals surface area contributed by atoms with E-state index in [0.29, 0.717) is 5.16 Å². The van der Waals surface area contributed by atoms with Gasteiger partial charge in [-0.2, -0.15) is 0 Å². The van der Waals surface area contributed by atoms with Crippen molar-refractivity contribution in [2.75, 3.05) is 0 Å². The average molecular weight is 114 g/mol. The molecule has 0 bridgehead atoms. The van der Waals surface area contributed by atoms with Crippen molar-refractivity contribution in [1.82, 2.24) is 0 Å². The minimum atomic E-state index is 0. The van der Waals surface area contributed by atoms with Crippen molar-refractivity contribution in [3.63, 3.8) is 0 Å². The van der Waals surface area contributed by atoms with Gasteiger partial charge in [0.25, 0.3) is 0 Å². The number of hydrogen-bond donors (Lipinski definition) is 0. The molecule has 2 heteroatoms. The molecular formula is C4H12NaP. The van der Waals surface area contributed by atoms with Crippen LogP contribution < -0.4 is 0 Å². The van der Waals surface area contributed by atoms with Gasteiger partial charge in [0.15, 0.2) is 0 Å². The first kappa shape index (κ1) is 10.4. The summed E-state index contributed by atoms with van der Waals surface area (Å²) in [5.74, 6) is 0. The van der Waals surface area contributed by atoms with E-state index < -0.39 is 0 Å². The number of rotatable bonds is 0. The van der Waals surface area contributed by atoms with E-state index in [0.717, 1.165) is 0 Å². The molecule has 6 heavy (non-hydrogen) atoms. The van der Waals surface area contributed by atoms with Crippen LogP contribution >= 0.6 is 9.24 Å². The molecule has 0 spiro atoms. The molecular weight excluding hydrogens is 102 g/mol. The molecule has 1 unspecified atom stereocenters. The van der Waals surface area contributed by atoms with Gasteiger partial charge in [-0.05, 0) is 5.16 Å². The first-order valence-corrected chi connectivity index (χ1v) is 2.37. The Morgan fingerprint density at radius 2 is 1.17 bits per heavy atom. The fourth-order valence-electron chi connectivity index (χ4n) is 0. The first-order valence-electron chi connectivity index (χ1n) is 1.79. The van der Waals surface area contributed by atoms with Gasteiger partial charge in [-0.3, -0.25) is 0 Å². The summed E-state index contributed by atoms with van der Waals surface area (Å²) in [5, 5.41) is 0.417. The molecule has 0 aromatic carbocycles. The minimum absolute atomic E-state index is 0. The average Bonchev–Trinajstić information content (AvgIpc) is 0.722. The predicted octanol–water partition coefficient (Wildman–Crippen LogP) is 1.01. The van der Waals surface area contributed by atoms with Gasteiger partial charge in [0.1, 0.15) is 0 Å². The van der Waals surface area contributed by atoms with Crippen molar-refractivity contribution in [1.29, 1.82) is 0 Å². The van der Waals surface area contributed by atoms with E-state index in [1.807, 2.05) is 0 Å². The quantitative estimate of drug-likeness (QED) is 0.325. The van der Waals surface area contributed by atoms with Crippen LogP contribution in [0.15, 0.2) is 0 Å². The first-order chi connectivity index (χ1) is 2.00. The Labute approximate surface area is 64.6 Å². The maximum atomic E-state index is 2.72. The summed E-state index contributed by atoms with van der Waals surface area (Å²) in [5.41, 5.74) is 0. The van der Waals surface area contributed by atoms with Gasteiger partial charge in [0.05, 0.1) is 0 Å². The normalized spacial score (nSPS) is 10.0. The molecule has 0 saturated heterocycles. The third-order valence-corrected chi connectivity index (χ3v) is 0. The van der Waals surface area contributed by atoms with Crippen molar-refractivity contribution < 1.29 is 0 Å². The van der Waals surface area contributed by atoms with Crippen LogP contribution in [0.1, 0.15) is 20.8 Å². The van der Waals surface area contributed by atoms with Crippen LogP contribution in [0.25, 0.3) is 0 Å². The molecule has 0 N–H and O–H groups in total. The summed E-state index contributed by atoms with van der Waals surface area (Å²) in [6, 6.07) is 0. The van der Waals surface area contributed by atoms with Gasteiger partial charge in [-0.15, -0.1) is 9.24 Å². The van der Waals surface area contributed by atoms with Crippen molar-refractivity contribution in [3.8, 4) is 0 Å². The zero-order valence-electron chi connectivity index (χ0n) is 4.08. The Kier molecular flexibility index (Phi) is 5.96. The van der Waals surface area contributed by atoms with Gasteiger partial charge in [-0.25, -0.2) is 0 Å². The van der Waals surface area contributed by atoms with Crippen molar-refractivity contribution in [3.05, 3.63) is 0 Å². The summed E-state index contributed by atoms with van der Waals surface area (Å²) >= 11 is 0. The van der Waals surface area contributed by atoms with Crippen LogP contribution in [-0.2, 0) is 0 Å². The van der Waals surface area contributed by atoms with Crippen molar-refractivity contribution >= 4 is 38.8 Å². The predicted molar refractivity (Wildman–Crippen MR) is 36.6 cm³/mol. The van der Waals surface area contributed by atoms with E-state index in [1.165, 1.54) is 0 Å². The molecule has 0 rings (SSSR count). The van der Waals surface area contributed by atoms with Crippen LogP contribution in [-0.4, -0.2) is 34.7 Å². The third-order valence-electron chi connectivity index (χ3n) is 0. The Morgan fingerprint density at radius 1 is 1.17 bits per heavy atom. The molecule has 0 heterocycles. The van der Waals surface area contributed by atoms with E-state index in [4.69, 9.17) is 0 Å². The van der Waals surface area contributed by atoms with Crippen LogP contribution in [0.3, 0.4) is 0 Å². The van der Waals surface area contributed by atoms with Crippen LogP contribution in [0, 0.1) is 0 Å². The molecule has 0 aromatic rings. The molecule has 1 atom stereocenters. The van der Waals surface area contributed by atoms with E-state index in [1.54, 1.807) is 0 Å². The second-order valence-corrected chi connectivity index (χ2v) is 4.10. The molecule has 0 aromatic heterocycles. The van der Waals surface area contributed by atoms with Crippen molar-refractivity contribution in [2.24, 2.45) is 0 Å². The zero-order valence-corrected chi connectivity index (χ0v) is 5.23. The second kappa shape index (κ2) is 3.43. The third kappa shape index (κ3) is 52.1. The SMILES string of the molecule is CC(C)(C)P.[NaH]. The van der Waals surface area contributed by atoms with Gasteiger partial charge < -0.3 is 0 Å². The molecule has 0 aliphatic rings. The molecule has 0 fully saturated rings. The fraction of sp³-hybridized carbons (Fsp3) is 1.00. The second-order valence-electron chi connectivity index (χ2n) is 2.37. The Morgan fingerprint density at radius 3 is 1.17 bits per heavy atom. The molecule has 0 aliphatic carbocycles. The van der Waals surface area contributed by atoms with Crippen LogP contribution in [0.5, 0.6) is 0 Å². The Hall–Kier alpha value is 1.43. The molecule has 0 saturated carbocycles. The summed E-state index contributed by atoms with van der Waals surface area (Å²) in [6.07, 6.45) is 0. The fourth-order valence-corrected chi connectivity index (χ4v) is 0. The van der Waals surface area contributed by atoms with Crippen LogP contribution in [0.4, 0.5) is 0 Å².